The molecule has 3 N–H and O–H groups in total. The quantitative estimate of drug-likeness (QED) is 0.400. The standard InChI is InChI=1S/C26H29N3O6S2/c1-26(2,3)37(34,35)27-20-8-5-17(6-9-20)18-7-11-22-19(15-18)13-14-29(25(22)31)21-10-12-24(30)23(16-21)28-36(4,32)33/h5-12,15-16,27-28,30H,13-14H2,1-4H3. The van der Waals surface area contributed by atoms with E-state index in [9.17, 15) is 26.7 Å². The van der Waals surface area contributed by atoms with Crippen LogP contribution in [0.3, 0.4) is 0 Å². The fraction of sp³-hybridized carbons (Fsp3) is 0.269. The number of benzene rings is 3. The number of hydrogen-bond donors (Lipinski definition) is 3. The largest absolute Gasteiger partial charge is 0.506 e. The van der Waals surface area contributed by atoms with Crippen LogP contribution in [0.15, 0.2) is 60.7 Å². The van der Waals surface area contributed by atoms with E-state index in [2.05, 4.69) is 9.44 Å². The topological polar surface area (TPSA) is 133 Å². The Morgan fingerprint density at radius 3 is 2.14 bits per heavy atom. The molecule has 1 amide bonds. The van der Waals surface area contributed by atoms with E-state index in [1.54, 1.807) is 49.9 Å². The number of nitrogens with one attached hydrogen (secondary N) is 2. The van der Waals surface area contributed by atoms with Gasteiger partial charge in [0.05, 0.1) is 16.7 Å². The molecule has 0 bridgehead atoms. The van der Waals surface area contributed by atoms with E-state index < -0.39 is 24.8 Å². The Hall–Kier alpha value is -3.57. The number of nitrogens with zero attached hydrogens (tertiary/aromatic N) is 1. The second-order valence-electron chi connectivity index (χ2n) is 9.95. The molecule has 1 aliphatic heterocycles. The average molecular weight is 544 g/mol. The van der Waals surface area contributed by atoms with Crippen molar-refractivity contribution in [3.05, 3.63) is 71.8 Å². The number of anilines is 3. The molecule has 196 valence electrons. The molecule has 4 rings (SSSR count). The summed E-state index contributed by atoms with van der Waals surface area (Å²) in [5.74, 6) is -0.461. The minimum absolute atomic E-state index is 0.00202. The zero-order valence-electron chi connectivity index (χ0n) is 20.9. The molecule has 1 aliphatic rings. The molecule has 3 aromatic carbocycles. The van der Waals surface area contributed by atoms with E-state index >= 15 is 0 Å². The van der Waals surface area contributed by atoms with Gasteiger partial charge in [0.25, 0.3) is 5.91 Å². The second kappa shape index (κ2) is 9.38. The highest BCUT2D eigenvalue weighted by molar-refractivity contribution is 7.94. The Morgan fingerprint density at radius 1 is 0.865 bits per heavy atom. The number of carbonyl (C=O) groups excluding carboxylic acids is 1. The lowest BCUT2D eigenvalue weighted by Gasteiger charge is -2.29. The van der Waals surface area contributed by atoms with Crippen LogP contribution in [0, 0.1) is 0 Å². The third-order valence-corrected chi connectivity index (χ3v) is 8.76. The molecule has 0 aromatic heterocycles. The van der Waals surface area contributed by atoms with Gasteiger partial charge in [0.2, 0.25) is 20.0 Å². The van der Waals surface area contributed by atoms with E-state index in [1.807, 2.05) is 24.3 Å². The summed E-state index contributed by atoms with van der Waals surface area (Å²) >= 11 is 0. The Labute approximate surface area is 217 Å². The van der Waals surface area contributed by atoms with Gasteiger partial charge in [-0.05, 0) is 80.3 Å². The number of carbonyl (C=O) groups is 1. The van der Waals surface area contributed by atoms with Crippen molar-refractivity contribution < 1.29 is 26.7 Å². The van der Waals surface area contributed by atoms with E-state index in [-0.39, 0.29) is 17.3 Å². The highest BCUT2D eigenvalue weighted by Gasteiger charge is 2.29. The summed E-state index contributed by atoms with van der Waals surface area (Å²) in [4.78, 5) is 14.8. The van der Waals surface area contributed by atoms with Crippen LogP contribution in [0.4, 0.5) is 17.1 Å². The van der Waals surface area contributed by atoms with Crippen molar-refractivity contribution in [3.63, 3.8) is 0 Å². The van der Waals surface area contributed by atoms with Crippen molar-refractivity contribution in [1.82, 2.24) is 0 Å². The van der Waals surface area contributed by atoms with Gasteiger partial charge in [-0.1, -0.05) is 24.3 Å². The maximum Gasteiger partial charge on any atom is 0.258 e. The first kappa shape index (κ1) is 26.5. The Bertz CT molecular complexity index is 1580. The first-order valence-electron chi connectivity index (χ1n) is 11.5. The van der Waals surface area contributed by atoms with Crippen molar-refractivity contribution in [1.29, 1.82) is 0 Å². The first-order chi connectivity index (χ1) is 17.1. The maximum absolute atomic E-state index is 13.3. The predicted octanol–water partition coefficient (Wildman–Crippen LogP) is 4.17. The minimum atomic E-state index is -3.61. The van der Waals surface area contributed by atoms with E-state index in [0.717, 1.165) is 22.9 Å². The fourth-order valence-corrected chi connectivity index (χ4v) is 5.24. The summed E-state index contributed by atoms with van der Waals surface area (Å²) in [5, 5.41) is 10.0. The average Bonchev–Trinajstić information content (AvgIpc) is 2.79. The van der Waals surface area contributed by atoms with Crippen LogP contribution >= 0.6 is 0 Å². The van der Waals surface area contributed by atoms with Crippen LogP contribution in [-0.2, 0) is 26.5 Å². The number of fused-ring (bicyclic) bond motifs is 1. The van der Waals surface area contributed by atoms with Crippen molar-refractivity contribution >= 4 is 43.0 Å². The number of rotatable bonds is 6. The van der Waals surface area contributed by atoms with Crippen LogP contribution < -0.4 is 14.3 Å². The predicted molar refractivity (Wildman–Crippen MR) is 146 cm³/mol. The highest BCUT2D eigenvalue weighted by Crippen LogP contribution is 2.33. The Balaban J connectivity index is 1.56. The Kier molecular flexibility index (Phi) is 6.72. The zero-order valence-corrected chi connectivity index (χ0v) is 22.6. The van der Waals surface area contributed by atoms with Crippen LogP contribution in [0.5, 0.6) is 5.75 Å². The number of phenolic OH excluding ortho intramolecular Hbond substituents is 1. The molecule has 11 heteroatoms. The molecule has 0 saturated carbocycles. The van der Waals surface area contributed by atoms with Gasteiger partial charge in [0.15, 0.2) is 0 Å². The SMILES string of the molecule is CC(C)(C)S(=O)(=O)Nc1ccc(-c2ccc3c(c2)CCN(c2ccc(O)c(NS(C)(=O)=O)c2)C3=O)cc1. The normalized spacial score (nSPS) is 14.3. The fourth-order valence-electron chi connectivity index (χ4n) is 3.93. The van der Waals surface area contributed by atoms with Crippen LogP contribution in [0.1, 0.15) is 36.7 Å². The van der Waals surface area contributed by atoms with E-state index in [0.29, 0.717) is 29.9 Å². The molecule has 9 nitrogen and oxygen atoms in total. The molecule has 0 radical (unpaired) electrons. The van der Waals surface area contributed by atoms with E-state index in [1.165, 1.54) is 12.1 Å². The summed E-state index contributed by atoms with van der Waals surface area (Å²) in [6.07, 6.45) is 1.56. The summed E-state index contributed by atoms with van der Waals surface area (Å²) in [7, 11) is -7.13. The summed E-state index contributed by atoms with van der Waals surface area (Å²) in [6, 6.07) is 17.0. The van der Waals surface area contributed by atoms with Crippen molar-refractivity contribution in [2.75, 3.05) is 27.1 Å². The molecule has 0 spiro atoms. The van der Waals surface area contributed by atoms with Crippen molar-refractivity contribution in [2.24, 2.45) is 0 Å². The van der Waals surface area contributed by atoms with Gasteiger partial charge in [-0.15, -0.1) is 0 Å². The van der Waals surface area contributed by atoms with Gasteiger partial charge in [0.1, 0.15) is 5.75 Å². The van der Waals surface area contributed by atoms with Crippen molar-refractivity contribution in [3.8, 4) is 16.9 Å². The van der Waals surface area contributed by atoms with Crippen molar-refractivity contribution in [2.45, 2.75) is 31.9 Å². The lowest BCUT2D eigenvalue weighted by Crippen LogP contribution is -2.37. The van der Waals surface area contributed by atoms with Gasteiger partial charge in [-0.3, -0.25) is 14.2 Å². The molecule has 3 aromatic rings. The van der Waals surface area contributed by atoms with E-state index in [4.69, 9.17) is 0 Å². The first-order valence-corrected chi connectivity index (χ1v) is 14.9. The molecular formula is C26H29N3O6S2. The summed E-state index contributed by atoms with van der Waals surface area (Å²) in [6.45, 7) is 5.27. The lowest BCUT2D eigenvalue weighted by molar-refractivity contribution is 0.0980. The third-order valence-electron chi connectivity index (χ3n) is 6.05. The van der Waals surface area contributed by atoms with Gasteiger partial charge in [-0.25, -0.2) is 16.8 Å². The van der Waals surface area contributed by atoms with Gasteiger partial charge in [-0.2, -0.15) is 0 Å². The second-order valence-corrected chi connectivity index (χ2v) is 14.1. The van der Waals surface area contributed by atoms with Gasteiger partial charge < -0.3 is 10.0 Å². The number of amides is 1. The molecule has 0 atom stereocenters. The molecule has 0 unspecified atom stereocenters. The molecule has 37 heavy (non-hydrogen) atoms. The lowest BCUT2D eigenvalue weighted by atomic mass is 9.93. The number of hydrogen-bond acceptors (Lipinski definition) is 6. The van der Waals surface area contributed by atoms with Gasteiger partial charge >= 0.3 is 0 Å². The zero-order chi connectivity index (χ0) is 27.2. The minimum Gasteiger partial charge on any atom is -0.506 e. The third kappa shape index (κ3) is 5.72. The summed E-state index contributed by atoms with van der Waals surface area (Å²) in [5.41, 5.74) is 4.14. The highest BCUT2D eigenvalue weighted by atomic mass is 32.2. The van der Waals surface area contributed by atoms with Crippen LogP contribution in [0.2, 0.25) is 0 Å². The number of aromatic hydroxyl groups is 1. The molecule has 1 heterocycles. The maximum atomic E-state index is 13.3. The monoisotopic (exact) mass is 543 g/mol. The van der Waals surface area contributed by atoms with Crippen LogP contribution in [0.25, 0.3) is 11.1 Å². The molecule has 0 fully saturated rings. The number of sulfonamides is 2. The number of phenols is 1. The van der Waals surface area contributed by atoms with Crippen LogP contribution in [-0.4, -0.2) is 45.4 Å². The molecule has 0 aliphatic carbocycles. The molecule has 0 saturated heterocycles. The molecular weight excluding hydrogens is 514 g/mol. The summed E-state index contributed by atoms with van der Waals surface area (Å²) < 4.78 is 51.9. The Morgan fingerprint density at radius 2 is 1.51 bits per heavy atom. The smallest absolute Gasteiger partial charge is 0.258 e. The van der Waals surface area contributed by atoms with Gasteiger partial charge in [0, 0.05) is 23.5 Å².